The molecule has 0 heterocycles. The molecule has 0 aromatic rings. The number of rotatable bonds is 5. The van der Waals surface area contributed by atoms with Crippen molar-refractivity contribution in [2.75, 3.05) is 20.3 Å². The van der Waals surface area contributed by atoms with E-state index < -0.39 is 0 Å². The largest absolute Gasteiger partial charge is 0.385 e. The summed E-state index contributed by atoms with van der Waals surface area (Å²) in [7, 11) is 1.74. The van der Waals surface area contributed by atoms with Crippen molar-refractivity contribution in [2.24, 2.45) is 5.73 Å². The van der Waals surface area contributed by atoms with Gasteiger partial charge in [-0.25, -0.2) is 0 Å². The van der Waals surface area contributed by atoms with Crippen LogP contribution in [0.25, 0.3) is 0 Å². The third kappa shape index (κ3) is 8.61. The van der Waals surface area contributed by atoms with Gasteiger partial charge < -0.3 is 15.2 Å². The zero-order valence-electron chi connectivity index (χ0n) is 12.7. The molecule has 0 saturated heterocycles. The van der Waals surface area contributed by atoms with E-state index in [1.54, 1.807) is 7.11 Å². The average molecular weight is 271 g/mol. The molecular formula is C16H33NO2. The van der Waals surface area contributed by atoms with Gasteiger partial charge in [-0.3, -0.25) is 0 Å². The molecule has 2 unspecified atom stereocenters. The van der Waals surface area contributed by atoms with Crippen LogP contribution in [-0.4, -0.2) is 32.5 Å². The highest BCUT2D eigenvalue weighted by Gasteiger charge is 2.18. The van der Waals surface area contributed by atoms with E-state index in [0.29, 0.717) is 0 Å². The Hall–Kier alpha value is -0.120. The van der Waals surface area contributed by atoms with Crippen molar-refractivity contribution in [2.45, 2.75) is 82.8 Å². The van der Waals surface area contributed by atoms with Crippen LogP contribution in [0.4, 0.5) is 0 Å². The normalized spacial score (nSPS) is 27.5. The highest BCUT2D eigenvalue weighted by molar-refractivity contribution is 4.74. The van der Waals surface area contributed by atoms with Crippen molar-refractivity contribution < 1.29 is 9.47 Å². The van der Waals surface area contributed by atoms with Crippen LogP contribution in [0.15, 0.2) is 0 Å². The first kappa shape index (κ1) is 16.9. The van der Waals surface area contributed by atoms with Crippen molar-refractivity contribution in [1.29, 1.82) is 0 Å². The molecule has 0 spiro atoms. The zero-order valence-corrected chi connectivity index (χ0v) is 12.7. The predicted octanol–water partition coefficient (Wildman–Crippen LogP) is 3.65. The first-order valence-corrected chi connectivity index (χ1v) is 8.20. The maximum Gasteiger partial charge on any atom is 0.0725 e. The zero-order chi connectivity index (χ0) is 13.8. The lowest BCUT2D eigenvalue weighted by molar-refractivity contribution is 0.0155. The monoisotopic (exact) mass is 271 g/mol. The summed E-state index contributed by atoms with van der Waals surface area (Å²) >= 11 is 0. The highest BCUT2D eigenvalue weighted by Crippen LogP contribution is 2.18. The fourth-order valence-electron chi connectivity index (χ4n) is 2.83. The minimum atomic E-state index is 0.224. The van der Waals surface area contributed by atoms with Crippen LogP contribution in [-0.2, 0) is 9.47 Å². The third-order valence-corrected chi connectivity index (χ3v) is 4.08. The lowest BCUT2D eigenvalue weighted by atomic mass is 9.96. The molecule has 0 bridgehead atoms. The maximum absolute atomic E-state index is 6.32. The molecule has 3 nitrogen and oxygen atoms in total. The van der Waals surface area contributed by atoms with Gasteiger partial charge in [0.1, 0.15) is 0 Å². The van der Waals surface area contributed by atoms with Crippen molar-refractivity contribution in [3.8, 4) is 0 Å². The van der Waals surface area contributed by atoms with E-state index in [4.69, 9.17) is 15.2 Å². The lowest BCUT2D eigenvalue weighted by Crippen LogP contribution is -2.37. The van der Waals surface area contributed by atoms with Crippen LogP contribution < -0.4 is 5.73 Å². The second kappa shape index (κ2) is 11.7. The van der Waals surface area contributed by atoms with Crippen LogP contribution in [0.3, 0.4) is 0 Å². The van der Waals surface area contributed by atoms with E-state index in [0.717, 1.165) is 32.5 Å². The van der Waals surface area contributed by atoms with Gasteiger partial charge in [-0.2, -0.15) is 0 Å². The smallest absolute Gasteiger partial charge is 0.0725 e. The number of hydrogen-bond acceptors (Lipinski definition) is 3. The van der Waals surface area contributed by atoms with Crippen LogP contribution in [0.2, 0.25) is 0 Å². The Bertz CT molecular complexity index is 197. The molecule has 1 aliphatic carbocycles. The van der Waals surface area contributed by atoms with E-state index >= 15 is 0 Å². The van der Waals surface area contributed by atoms with Crippen molar-refractivity contribution >= 4 is 0 Å². The predicted molar refractivity (Wildman–Crippen MR) is 80.4 cm³/mol. The van der Waals surface area contributed by atoms with Gasteiger partial charge in [-0.1, -0.05) is 51.4 Å². The van der Waals surface area contributed by atoms with Crippen LogP contribution in [0.1, 0.15) is 70.6 Å². The Morgan fingerprint density at radius 1 is 0.842 bits per heavy atom. The van der Waals surface area contributed by atoms with Gasteiger partial charge in [0.2, 0.25) is 0 Å². The summed E-state index contributed by atoms with van der Waals surface area (Å²) < 4.78 is 11.1. The molecule has 2 N–H and O–H groups in total. The Labute approximate surface area is 119 Å². The van der Waals surface area contributed by atoms with E-state index in [1.807, 2.05) is 0 Å². The minimum absolute atomic E-state index is 0.224. The van der Waals surface area contributed by atoms with Gasteiger partial charge in [-0.05, 0) is 19.3 Å². The lowest BCUT2D eigenvalue weighted by Gasteiger charge is -2.25. The molecule has 0 aliphatic heterocycles. The molecule has 2 atom stereocenters. The molecule has 0 aromatic carbocycles. The summed E-state index contributed by atoms with van der Waals surface area (Å²) in [6.45, 7) is 1.56. The van der Waals surface area contributed by atoms with E-state index in [1.165, 1.54) is 51.4 Å². The fourth-order valence-corrected chi connectivity index (χ4v) is 2.83. The second-order valence-electron chi connectivity index (χ2n) is 5.83. The standard InChI is InChI=1S/C16H33NO2/c1-18-13-10-14-19-16-12-9-7-5-3-2-4-6-8-11-15(16)17/h15-16H,2-14,17H2,1H3. The van der Waals surface area contributed by atoms with Gasteiger partial charge in [0.05, 0.1) is 6.10 Å². The average Bonchev–Trinajstić information content (AvgIpc) is 2.41. The van der Waals surface area contributed by atoms with Crippen molar-refractivity contribution in [3.05, 3.63) is 0 Å². The Morgan fingerprint density at radius 3 is 2.05 bits per heavy atom. The number of ether oxygens (including phenoxy) is 2. The Morgan fingerprint density at radius 2 is 1.42 bits per heavy atom. The minimum Gasteiger partial charge on any atom is -0.385 e. The molecule has 0 amide bonds. The molecule has 19 heavy (non-hydrogen) atoms. The summed E-state index contributed by atoms with van der Waals surface area (Å²) in [6, 6.07) is 0.224. The molecular weight excluding hydrogens is 238 g/mol. The van der Waals surface area contributed by atoms with Crippen molar-refractivity contribution in [1.82, 2.24) is 0 Å². The van der Waals surface area contributed by atoms with Gasteiger partial charge in [0.15, 0.2) is 0 Å². The maximum atomic E-state index is 6.32. The quantitative estimate of drug-likeness (QED) is 0.776. The molecule has 0 radical (unpaired) electrons. The highest BCUT2D eigenvalue weighted by atomic mass is 16.5. The molecule has 1 fully saturated rings. The van der Waals surface area contributed by atoms with Gasteiger partial charge >= 0.3 is 0 Å². The van der Waals surface area contributed by atoms with Gasteiger partial charge in [-0.15, -0.1) is 0 Å². The molecule has 1 rings (SSSR count). The van der Waals surface area contributed by atoms with Crippen LogP contribution in [0.5, 0.6) is 0 Å². The molecule has 0 aromatic heterocycles. The van der Waals surface area contributed by atoms with E-state index in [-0.39, 0.29) is 12.1 Å². The van der Waals surface area contributed by atoms with Gasteiger partial charge in [0.25, 0.3) is 0 Å². The molecule has 114 valence electrons. The van der Waals surface area contributed by atoms with Crippen molar-refractivity contribution in [3.63, 3.8) is 0 Å². The molecule has 1 aliphatic rings. The first-order valence-electron chi connectivity index (χ1n) is 8.20. The van der Waals surface area contributed by atoms with E-state index in [2.05, 4.69) is 0 Å². The first-order chi connectivity index (χ1) is 9.34. The number of nitrogens with two attached hydrogens (primary N) is 1. The van der Waals surface area contributed by atoms with Gasteiger partial charge in [0, 0.05) is 26.4 Å². The fraction of sp³-hybridized carbons (Fsp3) is 1.00. The molecule has 1 saturated carbocycles. The summed E-state index contributed by atoms with van der Waals surface area (Å²) in [4.78, 5) is 0. The summed E-state index contributed by atoms with van der Waals surface area (Å²) in [6.07, 6.45) is 14.3. The Kier molecular flexibility index (Phi) is 10.4. The number of methoxy groups -OCH3 is 1. The topological polar surface area (TPSA) is 44.5 Å². The molecule has 3 heteroatoms. The Balaban J connectivity index is 2.29. The summed E-state index contributed by atoms with van der Waals surface area (Å²) in [5.74, 6) is 0. The van der Waals surface area contributed by atoms with E-state index in [9.17, 15) is 0 Å². The second-order valence-corrected chi connectivity index (χ2v) is 5.83. The summed E-state index contributed by atoms with van der Waals surface area (Å²) in [5, 5.41) is 0. The third-order valence-electron chi connectivity index (χ3n) is 4.08. The van der Waals surface area contributed by atoms with Crippen LogP contribution >= 0.6 is 0 Å². The summed E-state index contributed by atoms with van der Waals surface area (Å²) in [5.41, 5.74) is 6.32. The van der Waals surface area contributed by atoms with Crippen LogP contribution in [0, 0.1) is 0 Å². The number of hydrogen-bond donors (Lipinski definition) is 1. The SMILES string of the molecule is COCCCOC1CCCCCCCCCCC1N.